The van der Waals surface area contributed by atoms with Gasteiger partial charge in [0.15, 0.2) is 16.1 Å². The lowest BCUT2D eigenvalue weighted by molar-refractivity contribution is -0.145. The zero-order valence-corrected chi connectivity index (χ0v) is 16.1. The number of halogens is 2. The number of thioether (sulfide) groups is 1. The Kier molecular flexibility index (Phi) is 5.67. The second-order valence-electron chi connectivity index (χ2n) is 5.88. The molecule has 0 unspecified atom stereocenters. The average molecular weight is 401 g/mol. The molecule has 1 saturated carbocycles. The number of pyridine rings is 1. The SMILES string of the molecule is COC(=O)[C@H]1CC[C@@H](Nc2nc(SC)nc3c(F)c(Cl)nc(OC)c23)C1. The normalized spacial score (nSPS) is 19.6. The van der Waals surface area contributed by atoms with Gasteiger partial charge in [-0.2, -0.15) is 4.98 Å². The fraction of sp³-hybridized carbons (Fsp3) is 0.500. The minimum absolute atomic E-state index is 0.00430. The second-order valence-corrected chi connectivity index (χ2v) is 7.01. The molecule has 140 valence electrons. The molecule has 0 aliphatic heterocycles. The number of hydrogen-bond acceptors (Lipinski definition) is 8. The van der Waals surface area contributed by atoms with Crippen molar-refractivity contribution in [2.75, 3.05) is 25.8 Å². The molecule has 0 saturated heterocycles. The first kappa shape index (κ1) is 18.9. The monoisotopic (exact) mass is 400 g/mol. The number of carbonyl (C=O) groups excluding carboxylic acids is 1. The molecule has 10 heteroatoms. The highest BCUT2D eigenvalue weighted by Gasteiger charge is 2.32. The van der Waals surface area contributed by atoms with Crippen LogP contribution in [-0.2, 0) is 9.53 Å². The number of nitrogens with zero attached hydrogens (tertiary/aromatic N) is 3. The molecule has 0 amide bonds. The van der Waals surface area contributed by atoms with Crippen molar-refractivity contribution in [1.82, 2.24) is 15.0 Å². The van der Waals surface area contributed by atoms with Gasteiger partial charge in [-0.15, -0.1) is 0 Å². The molecule has 0 bridgehead atoms. The van der Waals surface area contributed by atoms with Gasteiger partial charge in [0.2, 0.25) is 5.88 Å². The van der Waals surface area contributed by atoms with Crippen molar-refractivity contribution in [2.24, 2.45) is 5.92 Å². The summed E-state index contributed by atoms with van der Waals surface area (Å²) in [6.07, 6.45) is 3.90. The predicted molar refractivity (Wildman–Crippen MR) is 97.4 cm³/mol. The van der Waals surface area contributed by atoms with Crippen LogP contribution in [-0.4, -0.2) is 47.4 Å². The Morgan fingerprint density at radius 1 is 1.31 bits per heavy atom. The van der Waals surface area contributed by atoms with Crippen molar-refractivity contribution in [3.05, 3.63) is 11.0 Å². The van der Waals surface area contributed by atoms with Gasteiger partial charge in [0.05, 0.1) is 20.1 Å². The molecular formula is C16H18ClFN4O3S. The summed E-state index contributed by atoms with van der Waals surface area (Å²) < 4.78 is 24.6. The zero-order valence-electron chi connectivity index (χ0n) is 14.5. The van der Waals surface area contributed by atoms with Crippen LogP contribution in [0.5, 0.6) is 5.88 Å². The maximum Gasteiger partial charge on any atom is 0.308 e. The van der Waals surface area contributed by atoms with Crippen molar-refractivity contribution < 1.29 is 18.7 Å². The molecule has 7 nitrogen and oxygen atoms in total. The molecule has 3 rings (SSSR count). The van der Waals surface area contributed by atoms with Gasteiger partial charge in [0.25, 0.3) is 0 Å². The Hall–Kier alpha value is -1.87. The highest BCUT2D eigenvalue weighted by molar-refractivity contribution is 7.98. The van der Waals surface area contributed by atoms with Crippen molar-refractivity contribution in [3.8, 4) is 5.88 Å². The van der Waals surface area contributed by atoms with Gasteiger partial charge in [0, 0.05) is 6.04 Å². The molecule has 2 aromatic rings. The minimum Gasteiger partial charge on any atom is -0.480 e. The van der Waals surface area contributed by atoms with Gasteiger partial charge in [-0.25, -0.2) is 14.4 Å². The number of anilines is 1. The number of methoxy groups -OCH3 is 2. The van der Waals surface area contributed by atoms with Crippen LogP contribution in [0.1, 0.15) is 19.3 Å². The third-order valence-electron chi connectivity index (χ3n) is 4.38. The number of fused-ring (bicyclic) bond motifs is 1. The molecule has 0 spiro atoms. The first-order chi connectivity index (χ1) is 12.5. The zero-order chi connectivity index (χ0) is 18.8. The van der Waals surface area contributed by atoms with Gasteiger partial charge in [0.1, 0.15) is 16.7 Å². The minimum atomic E-state index is -0.720. The predicted octanol–water partition coefficient (Wildman–Crippen LogP) is 3.30. The van der Waals surface area contributed by atoms with Crippen molar-refractivity contribution in [2.45, 2.75) is 30.5 Å². The maximum atomic E-state index is 14.5. The summed E-state index contributed by atoms with van der Waals surface area (Å²) >= 11 is 7.14. The Balaban J connectivity index is 2.02. The molecule has 0 aromatic carbocycles. The fourth-order valence-electron chi connectivity index (χ4n) is 3.12. The topological polar surface area (TPSA) is 86.2 Å². The van der Waals surface area contributed by atoms with E-state index in [1.54, 1.807) is 6.26 Å². The molecule has 2 heterocycles. The van der Waals surface area contributed by atoms with E-state index in [0.717, 1.165) is 12.8 Å². The summed E-state index contributed by atoms with van der Waals surface area (Å²) in [5.41, 5.74) is 0.0474. The second kappa shape index (κ2) is 7.79. The molecular weight excluding hydrogens is 383 g/mol. The van der Waals surface area contributed by atoms with Crippen LogP contribution >= 0.6 is 23.4 Å². The molecule has 1 fully saturated rings. The largest absolute Gasteiger partial charge is 0.480 e. The first-order valence-electron chi connectivity index (χ1n) is 7.97. The number of ether oxygens (including phenoxy) is 2. The molecule has 0 radical (unpaired) electrons. The van der Waals surface area contributed by atoms with E-state index >= 15 is 0 Å². The van der Waals surface area contributed by atoms with E-state index in [1.165, 1.54) is 26.0 Å². The molecule has 1 N–H and O–H groups in total. The summed E-state index contributed by atoms with van der Waals surface area (Å²) in [4.78, 5) is 24.3. The standard InChI is InChI=1S/C16H18ClFN4O3S/c1-24-14-9-11(10(18)12(17)21-14)20-16(26-3)22-13(9)19-8-5-4-7(6-8)15(23)25-2/h7-8H,4-6H2,1-3H3,(H,19,20,22)/t7-,8+/m0/s1. The molecule has 1 aliphatic rings. The van der Waals surface area contributed by atoms with Crippen LogP contribution in [0.2, 0.25) is 5.15 Å². The summed E-state index contributed by atoms with van der Waals surface area (Å²) in [7, 11) is 2.81. The Morgan fingerprint density at radius 2 is 2.08 bits per heavy atom. The quantitative estimate of drug-likeness (QED) is 0.354. The van der Waals surface area contributed by atoms with E-state index in [1.807, 2.05) is 0 Å². The smallest absolute Gasteiger partial charge is 0.308 e. The highest BCUT2D eigenvalue weighted by Crippen LogP contribution is 2.36. The van der Waals surface area contributed by atoms with Crippen molar-refractivity contribution in [1.29, 1.82) is 0 Å². The third kappa shape index (κ3) is 3.50. The average Bonchev–Trinajstić information content (AvgIpc) is 3.12. The van der Waals surface area contributed by atoms with Crippen LogP contribution in [0.4, 0.5) is 10.2 Å². The number of rotatable bonds is 5. The van der Waals surface area contributed by atoms with Crippen LogP contribution in [0.15, 0.2) is 5.16 Å². The van der Waals surface area contributed by atoms with E-state index < -0.39 is 5.82 Å². The van der Waals surface area contributed by atoms with Crippen LogP contribution in [0.25, 0.3) is 10.9 Å². The van der Waals surface area contributed by atoms with Crippen molar-refractivity contribution in [3.63, 3.8) is 0 Å². The van der Waals surface area contributed by atoms with Gasteiger partial charge in [-0.05, 0) is 25.5 Å². The lowest BCUT2D eigenvalue weighted by Gasteiger charge is -2.17. The van der Waals surface area contributed by atoms with E-state index in [4.69, 9.17) is 21.1 Å². The van der Waals surface area contributed by atoms with Gasteiger partial charge in [-0.1, -0.05) is 23.4 Å². The van der Waals surface area contributed by atoms with E-state index in [2.05, 4.69) is 20.3 Å². The molecule has 1 aliphatic carbocycles. The van der Waals surface area contributed by atoms with E-state index in [-0.39, 0.29) is 34.5 Å². The van der Waals surface area contributed by atoms with Crippen LogP contribution in [0, 0.1) is 11.7 Å². The van der Waals surface area contributed by atoms with Crippen LogP contribution in [0.3, 0.4) is 0 Å². The maximum absolute atomic E-state index is 14.5. The van der Waals surface area contributed by atoms with Gasteiger partial charge < -0.3 is 14.8 Å². The number of esters is 1. The molecule has 26 heavy (non-hydrogen) atoms. The first-order valence-corrected chi connectivity index (χ1v) is 9.57. The third-order valence-corrected chi connectivity index (χ3v) is 5.17. The van der Waals surface area contributed by atoms with E-state index in [0.29, 0.717) is 22.8 Å². The Bertz CT molecular complexity index is 854. The Labute approximate surface area is 159 Å². The number of aromatic nitrogens is 3. The molecule has 2 aromatic heterocycles. The number of hydrogen-bond donors (Lipinski definition) is 1. The molecule has 2 atom stereocenters. The summed E-state index contributed by atoms with van der Waals surface area (Å²) in [5, 5.41) is 3.70. The fourth-order valence-corrected chi connectivity index (χ4v) is 3.66. The Morgan fingerprint density at radius 3 is 2.73 bits per heavy atom. The van der Waals surface area contributed by atoms with E-state index in [9.17, 15) is 9.18 Å². The lowest BCUT2D eigenvalue weighted by atomic mass is 10.1. The number of nitrogens with one attached hydrogen (secondary N) is 1. The summed E-state index contributed by atoms with van der Waals surface area (Å²) in [5.74, 6) is -0.540. The summed E-state index contributed by atoms with van der Waals surface area (Å²) in [6.45, 7) is 0. The van der Waals surface area contributed by atoms with Gasteiger partial charge in [-0.3, -0.25) is 4.79 Å². The number of carbonyl (C=O) groups is 1. The summed E-state index contributed by atoms with van der Waals surface area (Å²) in [6, 6.07) is -0.00430. The van der Waals surface area contributed by atoms with Crippen LogP contribution < -0.4 is 10.1 Å². The lowest BCUT2D eigenvalue weighted by Crippen LogP contribution is -2.20. The van der Waals surface area contributed by atoms with Crippen molar-refractivity contribution >= 4 is 46.1 Å². The van der Waals surface area contributed by atoms with Gasteiger partial charge >= 0.3 is 5.97 Å². The highest BCUT2D eigenvalue weighted by atomic mass is 35.5.